The first-order valence-electron chi connectivity index (χ1n) is 6.02. The molecule has 18 heavy (non-hydrogen) atoms. The largest absolute Gasteiger partial charge is 0.217 e. The molecule has 0 spiro atoms. The van der Waals surface area contributed by atoms with Gasteiger partial charge >= 0.3 is 0 Å². The van der Waals surface area contributed by atoms with Crippen LogP contribution in [-0.2, 0) is 0 Å². The minimum absolute atomic E-state index is 0.560. The van der Waals surface area contributed by atoms with Gasteiger partial charge < -0.3 is 0 Å². The third-order valence-corrected chi connectivity index (χ3v) is 4.89. The smallest absolute Gasteiger partial charge is 0.209 e. The Morgan fingerprint density at radius 1 is 1.11 bits per heavy atom. The fourth-order valence-corrected chi connectivity index (χ4v) is 3.48. The molecular weight excluding hydrogens is 264 g/mol. The van der Waals surface area contributed by atoms with Crippen LogP contribution in [0.2, 0.25) is 0 Å². The molecule has 0 aliphatic heterocycles. The number of hydrogen-bond acceptors (Lipinski definition) is 5. The molecule has 0 unspecified atom stereocenters. The van der Waals surface area contributed by atoms with E-state index in [1.54, 1.807) is 11.8 Å². The van der Waals surface area contributed by atoms with E-state index in [9.17, 15) is 0 Å². The maximum absolute atomic E-state index is 4.08. The van der Waals surface area contributed by atoms with Gasteiger partial charge in [-0.05, 0) is 35.4 Å². The van der Waals surface area contributed by atoms with E-state index in [-0.39, 0.29) is 0 Å². The summed E-state index contributed by atoms with van der Waals surface area (Å²) in [5.74, 6) is 2.11. The highest BCUT2D eigenvalue weighted by Gasteiger charge is 2.27. The first-order valence-corrected chi connectivity index (χ1v) is 7.99. The van der Waals surface area contributed by atoms with Gasteiger partial charge in [-0.15, -0.1) is 16.9 Å². The monoisotopic (exact) mass is 278 g/mol. The predicted molar refractivity (Wildman–Crippen MR) is 74.0 cm³/mol. The number of aromatic nitrogens is 4. The third kappa shape index (κ3) is 3.05. The van der Waals surface area contributed by atoms with Crippen LogP contribution in [-0.4, -0.2) is 31.7 Å². The Morgan fingerprint density at radius 2 is 1.89 bits per heavy atom. The van der Waals surface area contributed by atoms with Gasteiger partial charge in [0.1, 0.15) is 0 Å². The molecule has 0 radical (unpaired) electrons. The van der Waals surface area contributed by atoms with Crippen molar-refractivity contribution in [3.8, 4) is 0 Å². The van der Waals surface area contributed by atoms with E-state index in [0.29, 0.717) is 6.04 Å². The van der Waals surface area contributed by atoms with Gasteiger partial charge in [-0.2, -0.15) is 0 Å². The lowest BCUT2D eigenvalue weighted by atomic mass is 10.4. The lowest BCUT2D eigenvalue weighted by Crippen LogP contribution is -1.99. The Kier molecular flexibility index (Phi) is 3.85. The number of tetrazole rings is 1. The van der Waals surface area contributed by atoms with Crippen molar-refractivity contribution in [2.45, 2.75) is 28.9 Å². The third-order valence-electron chi connectivity index (χ3n) is 2.68. The zero-order valence-electron chi connectivity index (χ0n) is 9.90. The second kappa shape index (κ2) is 5.75. The van der Waals surface area contributed by atoms with Gasteiger partial charge in [0.05, 0.1) is 6.04 Å². The second-order valence-electron chi connectivity index (χ2n) is 4.15. The summed E-state index contributed by atoms with van der Waals surface area (Å²) in [5, 5.41) is 12.8. The highest BCUT2D eigenvalue weighted by molar-refractivity contribution is 8.02. The van der Waals surface area contributed by atoms with Crippen molar-refractivity contribution in [3.63, 3.8) is 0 Å². The number of thioether (sulfide) groups is 2. The minimum Gasteiger partial charge on any atom is -0.217 e. The summed E-state index contributed by atoms with van der Waals surface area (Å²) in [5.41, 5.74) is 0. The van der Waals surface area contributed by atoms with Crippen LogP contribution >= 0.6 is 23.5 Å². The van der Waals surface area contributed by atoms with Gasteiger partial charge in [0, 0.05) is 16.4 Å². The average molecular weight is 278 g/mol. The zero-order valence-corrected chi connectivity index (χ0v) is 11.5. The normalized spacial score (nSPS) is 14.9. The maximum atomic E-state index is 4.08. The van der Waals surface area contributed by atoms with E-state index >= 15 is 0 Å². The first-order chi connectivity index (χ1) is 8.93. The topological polar surface area (TPSA) is 43.6 Å². The van der Waals surface area contributed by atoms with Crippen molar-refractivity contribution in [3.05, 3.63) is 30.3 Å². The molecule has 6 heteroatoms. The van der Waals surface area contributed by atoms with Crippen LogP contribution in [0.5, 0.6) is 0 Å². The molecule has 0 saturated heterocycles. The van der Waals surface area contributed by atoms with Crippen molar-refractivity contribution in [1.82, 2.24) is 20.2 Å². The summed E-state index contributed by atoms with van der Waals surface area (Å²) in [6.45, 7) is 0. The van der Waals surface area contributed by atoms with E-state index in [0.717, 1.165) is 16.7 Å². The van der Waals surface area contributed by atoms with Gasteiger partial charge in [-0.25, -0.2) is 4.68 Å². The van der Waals surface area contributed by atoms with Gasteiger partial charge in [0.2, 0.25) is 5.16 Å². The second-order valence-corrected chi connectivity index (χ2v) is 6.38. The van der Waals surface area contributed by atoms with Crippen molar-refractivity contribution in [2.75, 3.05) is 11.5 Å². The maximum Gasteiger partial charge on any atom is 0.209 e. The number of benzene rings is 1. The summed E-state index contributed by atoms with van der Waals surface area (Å²) in [7, 11) is 0. The molecule has 0 amide bonds. The van der Waals surface area contributed by atoms with E-state index in [4.69, 9.17) is 0 Å². The van der Waals surface area contributed by atoms with Gasteiger partial charge in [-0.3, -0.25) is 0 Å². The fourth-order valence-electron chi connectivity index (χ4n) is 1.64. The Labute approximate surface area is 115 Å². The Bertz CT molecular complexity index is 496. The van der Waals surface area contributed by atoms with Crippen LogP contribution in [0.4, 0.5) is 0 Å². The molecular formula is C12H14N4S2. The highest BCUT2D eigenvalue weighted by atomic mass is 32.2. The molecule has 3 rings (SSSR count). The van der Waals surface area contributed by atoms with Crippen LogP contribution in [0.15, 0.2) is 40.4 Å². The van der Waals surface area contributed by atoms with Gasteiger partial charge in [0.25, 0.3) is 0 Å². The van der Waals surface area contributed by atoms with Crippen LogP contribution in [0, 0.1) is 0 Å². The molecule has 1 aliphatic rings. The standard InChI is InChI=1S/C12H14N4S2/c1-2-4-11(5-3-1)17-8-9-18-12-13-14-15-16(12)10-6-7-10/h1-5,10H,6-9H2. The quantitative estimate of drug-likeness (QED) is 0.600. The molecule has 1 heterocycles. The summed E-state index contributed by atoms with van der Waals surface area (Å²) >= 11 is 3.62. The van der Waals surface area contributed by atoms with Crippen LogP contribution in [0.3, 0.4) is 0 Å². The lowest BCUT2D eigenvalue weighted by molar-refractivity contribution is 0.565. The molecule has 94 valence electrons. The molecule has 4 nitrogen and oxygen atoms in total. The van der Waals surface area contributed by atoms with Crippen LogP contribution in [0.1, 0.15) is 18.9 Å². The Balaban J connectivity index is 1.45. The zero-order chi connectivity index (χ0) is 12.2. The molecule has 2 aromatic rings. The first kappa shape index (κ1) is 12.0. The Morgan fingerprint density at radius 3 is 2.67 bits per heavy atom. The Hall–Kier alpha value is -1.01. The highest BCUT2D eigenvalue weighted by Crippen LogP contribution is 2.36. The number of rotatable bonds is 6. The van der Waals surface area contributed by atoms with Gasteiger partial charge in [0.15, 0.2) is 0 Å². The summed E-state index contributed by atoms with van der Waals surface area (Å²) < 4.78 is 1.97. The molecule has 1 aliphatic carbocycles. The van der Waals surface area contributed by atoms with E-state index in [1.807, 2.05) is 22.5 Å². The number of hydrogen-bond donors (Lipinski definition) is 0. The predicted octanol–water partition coefficient (Wildman–Crippen LogP) is 2.89. The molecule has 1 fully saturated rings. The lowest BCUT2D eigenvalue weighted by Gasteiger charge is -2.02. The summed E-state index contributed by atoms with van der Waals surface area (Å²) in [6.07, 6.45) is 2.44. The van der Waals surface area contributed by atoms with E-state index < -0.39 is 0 Å². The van der Waals surface area contributed by atoms with E-state index in [2.05, 4.69) is 39.8 Å². The van der Waals surface area contributed by atoms with Crippen molar-refractivity contribution >= 4 is 23.5 Å². The molecule has 0 N–H and O–H groups in total. The van der Waals surface area contributed by atoms with Crippen LogP contribution in [0.25, 0.3) is 0 Å². The number of nitrogens with zero attached hydrogens (tertiary/aromatic N) is 4. The fraction of sp³-hybridized carbons (Fsp3) is 0.417. The SMILES string of the molecule is c1ccc(SCCSc2nnnn2C2CC2)cc1. The molecule has 0 atom stereocenters. The molecule has 0 bridgehead atoms. The molecule has 1 aromatic heterocycles. The van der Waals surface area contributed by atoms with Crippen LogP contribution < -0.4 is 0 Å². The van der Waals surface area contributed by atoms with E-state index in [1.165, 1.54) is 17.7 Å². The minimum atomic E-state index is 0.560. The van der Waals surface area contributed by atoms with Gasteiger partial charge in [-0.1, -0.05) is 30.0 Å². The van der Waals surface area contributed by atoms with Crippen molar-refractivity contribution in [2.24, 2.45) is 0 Å². The summed E-state index contributed by atoms with van der Waals surface area (Å²) in [6, 6.07) is 11.0. The molecule has 1 saturated carbocycles. The average Bonchev–Trinajstić information content (AvgIpc) is 3.16. The van der Waals surface area contributed by atoms with Crippen molar-refractivity contribution < 1.29 is 0 Å². The molecule has 1 aromatic carbocycles. The van der Waals surface area contributed by atoms with Crippen molar-refractivity contribution in [1.29, 1.82) is 0 Å². The summed E-state index contributed by atoms with van der Waals surface area (Å²) in [4.78, 5) is 1.32.